The number of rotatable bonds is 5. The topological polar surface area (TPSA) is 76.4 Å². The Balaban J connectivity index is 2.16. The monoisotopic (exact) mass is 379 g/mol. The summed E-state index contributed by atoms with van der Waals surface area (Å²) in [6.07, 6.45) is 2.91. The Morgan fingerprint density at radius 3 is 2.78 bits per heavy atom. The van der Waals surface area contributed by atoms with Crippen molar-refractivity contribution in [3.63, 3.8) is 0 Å². The summed E-state index contributed by atoms with van der Waals surface area (Å²) in [5.41, 5.74) is 0.172. The number of carboxylic acid groups (broad SMARTS) is 1. The average Bonchev–Trinajstić information content (AvgIpc) is 2.55. The van der Waals surface area contributed by atoms with Gasteiger partial charge in [0, 0.05) is 35.6 Å². The quantitative estimate of drug-likeness (QED) is 0.791. The maximum absolute atomic E-state index is 11.4. The highest BCUT2D eigenvalue weighted by atomic mass is 79.9. The molecule has 2 N–H and O–H groups in total. The number of amides is 1. The maximum Gasteiger partial charge on any atom is 0.407 e. The lowest BCUT2D eigenvalue weighted by atomic mass is 9.82. The van der Waals surface area contributed by atoms with Crippen molar-refractivity contribution in [1.82, 2.24) is 4.90 Å². The molecule has 0 aliphatic carbocycles. The molecule has 1 aliphatic rings. The molecule has 23 heavy (non-hydrogen) atoms. The van der Waals surface area contributed by atoms with Crippen LogP contribution in [0.25, 0.3) is 0 Å². The number of piperidine rings is 1. The van der Waals surface area contributed by atoms with Gasteiger partial charge in [-0.2, -0.15) is 5.26 Å². The van der Waals surface area contributed by atoms with Crippen molar-refractivity contribution >= 4 is 27.7 Å². The molecule has 1 aromatic carbocycles. The minimum Gasteiger partial charge on any atom is -0.465 e. The van der Waals surface area contributed by atoms with E-state index in [0.29, 0.717) is 19.4 Å². The minimum atomic E-state index is -0.888. The van der Waals surface area contributed by atoms with Crippen LogP contribution in [0.3, 0.4) is 0 Å². The third-order valence-electron chi connectivity index (χ3n) is 4.38. The van der Waals surface area contributed by atoms with Crippen LogP contribution in [-0.4, -0.2) is 34.2 Å². The first-order valence-corrected chi connectivity index (χ1v) is 8.73. The number of halogens is 1. The molecule has 0 aromatic heterocycles. The van der Waals surface area contributed by atoms with E-state index >= 15 is 0 Å². The van der Waals surface area contributed by atoms with Crippen molar-refractivity contribution in [2.75, 3.05) is 11.9 Å². The summed E-state index contributed by atoms with van der Waals surface area (Å²) in [5.74, 6) is 0. The van der Waals surface area contributed by atoms with Gasteiger partial charge in [-0.25, -0.2) is 4.79 Å². The predicted octanol–water partition coefficient (Wildman–Crippen LogP) is 4.46. The largest absolute Gasteiger partial charge is 0.465 e. The summed E-state index contributed by atoms with van der Waals surface area (Å²) in [5, 5.41) is 22.5. The van der Waals surface area contributed by atoms with Crippen LogP contribution in [0.2, 0.25) is 0 Å². The van der Waals surface area contributed by atoms with Crippen molar-refractivity contribution in [3.8, 4) is 6.07 Å². The molecule has 2 unspecified atom stereocenters. The Morgan fingerprint density at radius 2 is 2.22 bits per heavy atom. The number of carbonyl (C=O) groups is 1. The first kappa shape index (κ1) is 17.6. The van der Waals surface area contributed by atoms with Gasteiger partial charge in [-0.05, 0) is 30.7 Å². The first-order chi connectivity index (χ1) is 11.0. The van der Waals surface area contributed by atoms with Crippen molar-refractivity contribution < 1.29 is 9.90 Å². The fourth-order valence-electron chi connectivity index (χ4n) is 3.11. The lowest BCUT2D eigenvalue weighted by Crippen LogP contribution is -2.54. The van der Waals surface area contributed by atoms with Gasteiger partial charge in [-0.1, -0.05) is 35.7 Å². The van der Waals surface area contributed by atoms with Gasteiger partial charge in [0.25, 0.3) is 0 Å². The normalized spacial score (nSPS) is 24.0. The zero-order valence-electron chi connectivity index (χ0n) is 13.3. The Morgan fingerprint density at radius 1 is 1.52 bits per heavy atom. The molecule has 6 heteroatoms. The van der Waals surface area contributed by atoms with Crippen molar-refractivity contribution in [1.29, 1.82) is 5.26 Å². The van der Waals surface area contributed by atoms with Crippen molar-refractivity contribution in [3.05, 3.63) is 28.7 Å². The molecule has 1 saturated heterocycles. The second kappa shape index (κ2) is 7.69. The van der Waals surface area contributed by atoms with Crippen LogP contribution in [-0.2, 0) is 0 Å². The SMILES string of the molecule is CCCCC1CC(C#N)(Nc2ccc(Br)cc2)CCN1C(=O)O. The number of nitrogens with one attached hydrogen (secondary N) is 1. The summed E-state index contributed by atoms with van der Waals surface area (Å²) in [6, 6.07) is 10.00. The molecule has 1 aromatic rings. The molecule has 2 atom stereocenters. The number of unbranched alkanes of at least 4 members (excludes halogenated alkanes) is 1. The van der Waals surface area contributed by atoms with Crippen molar-refractivity contribution in [2.45, 2.75) is 50.6 Å². The first-order valence-electron chi connectivity index (χ1n) is 7.94. The molecule has 0 bridgehead atoms. The molecule has 1 aliphatic heterocycles. The molecule has 0 saturated carbocycles. The van der Waals surface area contributed by atoms with Gasteiger partial charge in [-0.3, -0.25) is 0 Å². The minimum absolute atomic E-state index is 0.108. The van der Waals surface area contributed by atoms with Gasteiger partial charge >= 0.3 is 6.09 Å². The van der Waals surface area contributed by atoms with E-state index in [4.69, 9.17) is 0 Å². The number of likely N-dealkylation sites (tertiary alicyclic amines) is 1. The second-order valence-electron chi connectivity index (χ2n) is 6.05. The third kappa shape index (κ3) is 4.38. The fourth-order valence-corrected chi connectivity index (χ4v) is 3.37. The second-order valence-corrected chi connectivity index (χ2v) is 6.97. The fraction of sp³-hybridized carbons (Fsp3) is 0.529. The van der Waals surface area contributed by atoms with Gasteiger partial charge < -0.3 is 15.3 Å². The number of benzene rings is 1. The van der Waals surface area contributed by atoms with E-state index in [-0.39, 0.29) is 6.04 Å². The van der Waals surface area contributed by atoms with Gasteiger partial charge in [0.15, 0.2) is 0 Å². The van der Waals surface area contributed by atoms with Gasteiger partial charge in [0.05, 0.1) is 6.07 Å². The number of hydrogen-bond donors (Lipinski definition) is 2. The summed E-state index contributed by atoms with van der Waals surface area (Å²) < 4.78 is 0.982. The van der Waals surface area contributed by atoms with Crippen LogP contribution in [0.1, 0.15) is 39.0 Å². The number of nitriles is 1. The predicted molar refractivity (Wildman–Crippen MR) is 93.4 cm³/mol. The van der Waals surface area contributed by atoms with E-state index < -0.39 is 11.6 Å². The lowest BCUT2D eigenvalue weighted by molar-refractivity contribution is 0.0907. The Kier molecular flexibility index (Phi) is 5.89. The Bertz CT molecular complexity index is 584. The Hall–Kier alpha value is -1.74. The molecule has 0 radical (unpaired) electrons. The van der Waals surface area contributed by atoms with Gasteiger partial charge in [-0.15, -0.1) is 0 Å². The molecule has 1 heterocycles. The average molecular weight is 380 g/mol. The number of nitrogens with zero attached hydrogens (tertiary/aromatic N) is 2. The van der Waals surface area contributed by atoms with Crippen LogP contribution in [0.15, 0.2) is 28.7 Å². The maximum atomic E-state index is 11.4. The summed E-state index contributed by atoms with van der Waals surface area (Å²) in [4.78, 5) is 12.9. The molecular formula is C17H22BrN3O2. The number of anilines is 1. The van der Waals surface area contributed by atoms with E-state index in [9.17, 15) is 15.2 Å². The van der Waals surface area contributed by atoms with E-state index in [1.807, 2.05) is 24.3 Å². The Labute approximate surface area is 145 Å². The van der Waals surface area contributed by atoms with Crippen LogP contribution < -0.4 is 5.32 Å². The summed E-state index contributed by atoms with van der Waals surface area (Å²) >= 11 is 3.40. The highest BCUT2D eigenvalue weighted by molar-refractivity contribution is 9.10. The van der Waals surface area contributed by atoms with Crippen LogP contribution in [0.5, 0.6) is 0 Å². The highest BCUT2D eigenvalue weighted by Crippen LogP contribution is 2.32. The molecule has 124 valence electrons. The molecule has 0 spiro atoms. The summed E-state index contributed by atoms with van der Waals surface area (Å²) in [7, 11) is 0. The van der Waals surface area contributed by atoms with Crippen molar-refractivity contribution in [2.24, 2.45) is 0 Å². The van der Waals surface area contributed by atoms with Crippen LogP contribution in [0, 0.1) is 11.3 Å². The molecule has 5 nitrogen and oxygen atoms in total. The standard InChI is InChI=1S/C17H22BrN3O2/c1-2-3-4-15-11-17(12-19,9-10-21(15)16(22)23)20-14-7-5-13(18)6-8-14/h5-8,15,20H,2-4,9-11H2,1H3,(H,22,23). The van der Waals surface area contributed by atoms with E-state index in [0.717, 1.165) is 29.4 Å². The van der Waals surface area contributed by atoms with E-state index in [1.54, 1.807) is 0 Å². The lowest BCUT2D eigenvalue weighted by Gasteiger charge is -2.43. The highest BCUT2D eigenvalue weighted by Gasteiger charge is 2.41. The van der Waals surface area contributed by atoms with Gasteiger partial charge in [0.1, 0.15) is 5.54 Å². The number of hydrogen-bond acceptors (Lipinski definition) is 3. The molecule has 1 amide bonds. The van der Waals surface area contributed by atoms with E-state index in [1.165, 1.54) is 4.90 Å². The summed E-state index contributed by atoms with van der Waals surface area (Å²) in [6.45, 7) is 2.48. The molecular weight excluding hydrogens is 358 g/mol. The van der Waals surface area contributed by atoms with Crippen LogP contribution in [0.4, 0.5) is 10.5 Å². The van der Waals surface area contributed by atoms with Gasteiger partial charge in [0.2, 0.25) is 0 Å². The zero-order chi connectivity index (χ0) is 16.9. The molecule has 1 fully saturated rings. The molecule has 2 rings (SSSR count). The zero-order valence-corrected chi connectivity index (χ0v) is 14.8. The third-order valence-corrected chi connectivity index (χ3v) is 4.91. The van der Waals surface area contributed by atoms with Crippen LogP contribution >= 0.6 is 15.9 Å². The van der Waals surface area contributed by atoms with E-state index in [2.05, 4.69) is 34.2 Å². The smallest absolute Gasteiger partial charge is 0.407 e.